The summed E-state index contributed by atoms with van der Waals surface area (Å²) in [7, 11) is 0. The van der Waals surface area contributed by atoms with Crippen LogP contribution in [-0.2, 0) is 9.59 Å². The van der Waals surface area contributed by atoms with E-state index in [4.69, 9.17) is 0 Å². The van der Waals surface area contributed by atoms with E-state index in [0.29, 0.717) is 31.1 Å². The molecule has 1 heterocycles. The van der Waals surface area contributed by atoms with Gasteiger partial charge in [0.15, 0.2) is 0 Å². The third kappa shape index (κ3) is 4.37. The summed E-state index contributed by atoms with van der Waals surface area (Å²) in [5, 5.41) is 2.78. The highest BCUT2D eigenvalue weighted by Gasteiger charge is 2.37. The quantitative estimate of drug-likeness (QED) is 0.855. The lowest BCUT2D eigenvalue weighted by atomic mass is 10.1. The molecule has 0 spiro atoms. The predicted octanol–water partition coefficient (Wildman–Crippen LogP) is 3.35. The number of ketones is 1. The Hall–Kier alpha value is -2.31. The molecule has 1 aromatic carbocycles. The molecule has 1 unspecified atom stereocenters. The second kappa shape index (κ2) is 7.07. The molecular formula is C17H19F3N2O2. The van der Waals surface area contributed by atoms with E-state index in [1.807, 2.05) is 26.0 Å². The fourth-order valence-electron chi connectivity index (χ4n) is 2.55. The Kier molecular flexibility index (Phi) is 5.31. The van der Waals surface area contributed by atoms with Crippen molar-refractivity contribution in [1.29, 1.82) is 0 Å². The van der Waals surface area contributed by atoms with Crippen molar-refractivity contribution in [2.24, 2.45) is 0 Å². The van der Waals surface area contributed by atoms with Gasteiger partial charge in [0.05, 0.1) is 0 Å². The van der Waals surface area contributed by atoms with Crippen molar-refractivity contribution >= 4 is 17.4 Å². The zero-order valence-corrected chi connectivity index (χ0v) is 13.5. The van der Waals surface area contributed by atoms with Crippen LogP contribution in [0.4, 0.5) is 18.9 Å². The molecule has 0 aliphatic carbocycles. The first-order valence-electron chi connectivity index (χ1n) is 7.61. The number of benzene rings is 1. The number of allylic oxidation sites excluding steroid dienone is 1. The SMILES string of the molecule is Cc1ccc(NC(=O)C2CCCN2/C=C/C(=O)C(F)(F)F)cc1C. The monoisotopic (exact) mass is 340 g/mol. The molecule has 130 valence electrons. The maximum absolute atomic E-state index is 12.4. The van der Waals surface area contributed by atoms with Gasteiger partial charge in [-0.3, -0.25) is 9.59 Å². The molecular weight excluding hydrogens is 321 g/mol. The molecule has 1 aromatic rings. The molecule has 1 aliphatic heterocycles. The number of hydrogen-bond donors (Lipinski definition) is 1. The number of aryl methyl sites for hydroxylation is 2. The number of alkyl halides is 3. The molecule has 24 heavy (non-hydrogen) atoms. The maximum Gasteiger partial charge on any atom is 0.454 e. The van der Waals surface area contributed by atoms with Crippen LogP contribution < -0.4 is 5.32 Å². The van der Waals surface area contributed by atoms with Crippen LogP contribution in [0.2, 0.25) is 0 Å². The molecule has 1 amide bonds. The maximum atomic E-state index is 12.4. The fourth-order valence-corrected chi connectivity index (χ4v) is 2.55. The zero-order valence-electron chi connectivity index (χ0n) is 13.5. The Labute approximate surface area is 138 Å². The molecule has 1 aliphatic rings. The summed E-state index contributed by atoms with van der Waals surface area (Å²) >= 11 is 0. The van der Waals surface area contributed by atoms with Gasteiger partial charge in [-0.05, 0) is 49.9 Å². The second-order valence-electron chi connectivity index (χ2n) is 5.86. The summed E-state index contributed by atoms with van der Waals surface area (Å²) in [4.78, 5) is 24.8. The molecule has 1 N–H and O–H groups in total. The van der Waals surface area contributed by atoms with E-state index >= 15 is 0 Å². The van der Waals surface area contributed by atoms with Crippen LogP contribution in [0.15, 0.2) is 30.5 Å². The standard InChI is InChI=1S/C17H19F3N2O2/c1-11-5-6-13(10-12(11)2)21-16(24)14-4-3-8-22(14)9-7-15(23)17(18,19)20/h5-7,9-10,14H,3-4,8H2,1-2H3,(H,21,24)/b9-7+. The molecule has 1 fully saturated rings. The fraction of sp³-hybridized carbons (Fsp3) is 0.412. The van der Waals surface area contributed by atoms with Crippen LogP contribution in [0.3, 0.4) is 0 Å². The van der Waals surface area contributed by atoms with Gasteiger partial charge in [-0.25, -0.2) is 0 Å². The minimum atomic E-state index is -4.90. The van der Waals surface area contributed by atoms with Crippen molar-refractivity contribution in [3.63, 3.8) is 0 Å². The van der Waals surface area contributed by atoms with Crippen LogP contribution in [-0.4, -0.2) is 35.4 Å². The second-order valence-corrected chi connectivity index (χ2v) is 5.86. The van der Waals surface area contributed by atoms with Crippen LogP contribution in [0.1, 0.15) is 24.0 Å². The van der Waals surface area contributed by atoms with Crippen molar-refractivity contribution in [3.05, 3.63) is 41.6 Å². The van der Waals surface area contributed by atoms with Crippen molar-refractivity contribution in [3.8, 4) is 0 Å². The van der Waals surface area contributed by atoms with E-state index in [2.05, 4.69) is 5.32 Å². The summed E-state index contributed by atoms with van der Waals surface area (Å²) in [6.45, 7) is 4.33. The van der Waals surface area contributed by atoms with Gasteiger partial charge in [0.25, 0.3) is 5.78 Å². The summed E-state index contributed by atoms with van der Waals surface area (Å²) in [6, 6.07) is 4.93. The third-order valence-corrected chi connectivity index (χ3v) is 4.07. The minimum absolute atomic E-state index is 0.292. The van der Waals surface area contributed by atoms with E-state index in [1.165, 1.54) is 4.90 Å². The molecule has 0 saturated carbocycles. The van der Waals surface area contributed by atoms with Gasteiger partial charge in [-0.1, -0.05) is 6.07 Å². The first-order chi connectivity index (χ1) is 11.2. The summed E-state index contributed by atoms with van der Waals surface area (Å²) in [6.07, 6.45) is -2.15. The van der Waals surface area contributed by atoms with Crippen LogP contribution in [0.25, 0.3) is 0 Å². The Morgan fingerprint density at radius 1 is 1.25 bits per heavy atom. The molecule has 1 atom stereocenters. The van der Waals surface area contributed by atoms with E-state index in [0.717, 1.165) is 17.3 Å². The Morgan fingerprint density at radius 2 is 1.96 bits per heavy atom. The molecule has 0 radical (unpaired) electrons. The van der Waals surface area contributed by atoms with Crippen LogP contribution in [0, 0.1) is 13.8 Å². The lowest BCUT2D eigenvalue weighted by Gasteiger charge is -2.22. The van der Waals surface area contributed by atoms with Gasteiger partial charge in [-0.15, -0.1) is 0 Å². The van der Waals surface area contributed by atoms with E-state index in [-0.39, 0.29) is 5.91 Å². The lowest BCUT2D eigenvalue weighted by Crippen LogP contribution is -2.36. The van der Waals surface area contributed by atoms with E-state index in [1.54, 1.807) is 6.07 Å². The Balaban J connectivity index is 2.04. The largest absolute Gasteiger partial charge is 0.454 e. The Bertz CT molecular complexity index is 668. The summed E-state index contributed by atoms with van der Waals surface area (Å²) in [5.41, 5.74) is 2.78. The predicted molar refractivity (Wildman–Crippen MR) is 84.5 cm³/mol. The van der Waals surface area contributed by atoms with Gasteiger partial charge < -0.3 is 10.2 Å². The third-order valence-electron chi connectivity index (χ3n) is 4.07. The van der Waals surface area contributed by atoms with Crippen molar-refractivity contribution < 1.29 is 22.8 Å². The average molecular weight is 340 g/mol. The van der Waals surface area contributed by atoms with Gasteiger partial charge in [0.2, 0.25) is 5.91 Å². The molecule has 0 bridgehead atoms. The number of amides is 1. The normalized spacial score (nSPS) is 18.2. The molecule has 2 rings (SSSR count). The lowest BCUT2D eigenvalue weighted by molar-refractivity contribution is -0.165. The molecule has 0 aromatic heterocycles. The Morgan fingerprint density at radius 3 is 2.58 bits per heavy atom. The zero-order chi connectivity index (χ0) is 17.9. The number of rotatable bonds is 4. The number of carbonyl (C=O) groups excluding carboxylic acids is 2. The van der Waals surface area contributed by atoms with Crippen molar-refractivity contribution in [1.82, 2.24) is 4.90 Å². The smallest absolute Gasteiger partial charge is 0.365 e. The van der Waals surface area contributed by atoms with Crippen LogP contribution >= 0.6 is 0 Å². The molecule has 1 saturated heterocycles. The van der Waals surface area contributed by atoms with Crippen LogP contribution in [0.5, 0.6) is 0 Å². The van der Waals surface area contributed by atoms with Crippen molar-refractivity contribution in [2.75, 3.05) is 11.9 Å². The number of halogens is 3. The van der Waals surface area contributed by atoms with Gasteiger partial charge in [0.1, 0.15) is 6.04 Å². The number of carbonyl (C=O) groups is 2. The minimum Gasteiger partial charge on any atom is -0.365 e. The number of likely N-dealkylation sites (tertiary alicyclic amines) is 1. The van der Waals surface area contributed by atoms with Gasteiger partial charge >= 0.3 is 6.18 Å². The van der Waals surface area contributed by atoms with E-state index in [9.17, 15) is 22.8 Å². The number of nitrogens with zero attached hydrogens (tertiary/aromatic N) is 1. The van der Waals surface area contributed by atoms with Gasteiger partial charge in [0, 0.05) is 24.5 Å². The highest BCUT2D eigenvalue weighted by molar-refractivity contribution is 5.96. The first kappa shape index (κ1) is 18.0. The van der Waals surface area contributed by atoms with Crippen molar-refractivity contribution in [2.45, 2.75) is 38.9 Å². The average Bonchev–Trinajstić information content (AvgIpc) is 2.96. The number of nitrogens with one attached hydrogen (secondary N) is 1. The van der Waals surface area contributed by atoms with Gasteiger partial charge in [-0.2, -0.15) is 13.2 Å². The van der Waals surface area contributed by atoms with E-state index < -0.39 is 18.0 Å². The highest BCUT2D eigenvalue weighted by Crippen LogP contribution is 2.22. The number of anilines is 1. The summed E-state index contributed by atoms with van der Waals surface area (Å²) < 4.78 is 36.7. The summed E-state index contributed by atoms with van der Waals surface area (Å²) in [5.74, 6) is -2.22. The molecule has 4 nitrogen and oxygen atoms in total. The number of hydrogen-bond acceptors (Lipinski definition) is 3. The topological polar surface area (TPSA) is 49.4 Å². The molecule has 7 heteroatoms. The highest BCUT2D eigenvalue weighted by atomic mass is 19.4. The first-order valence-corrected chi connectivity index (χ1v) is 7.61.